The number of benzene rings is 1. The first-order valence-electron chi connectivity index (χ1n) is 5.94. The molecule has 1 unspecified atom stereocenters. The Balaban J connectivity index is 2.28. The van der Waals surface area contributed by atoms with Crippen LogP contribution in [0.2, 0.25) is 0 Å². The van der Waals surface area contributed by atoms with Gasteiger partial charge in [0.15, 0.2) is 0 Å². The number of thioether (sulfide) groups is 1. The summed E-state index contributed by atoms with van der Waals surface area (Å²) >= 11 is 1.74. The van der Waals surface area contributed by atoms with Gasteiger partial charge in [-0.3, -0.25) is 0 Å². The Morgan fingerprint density at radius 2 is 2.32 bits per heavy atom. The lowest BCUT2D eigenvalue weighted by atomic mass is 10.2. The molecular formula is C12H17NO4S2. The third-order valence-electron chi connectivity index (χ3n) is 2.95. The zero-order chi connectivity index (χ0) is 13.9. The van der Waals surface area contributed by atoms with Crippen LogP contribution in [0.4, 0.5) is 0 Å². The van der Waals surface area contributed by atoms with Crippen LogP contribution in [0.5, 0.6) is 5.75 Å². The van der Waals surface area contributed by atoms with Gasteiger partial charge >= 0.3 is 0 Å². The maximum Gasteiger partial charge on any atom is 0.244 e. The van der Waals surface area contributed by atoms with Gasteiger partial charge in [-0.25, -0.2) is 13.1 Å². The van der Waals surface area contributed by atoms with Crippen molar-refractivity contribution in [2.75, 3.05) is 18.6 Å². The number of aliphatic hydroxyl groups excluding tert-OH is 1. The SMILES string of the molecule is COc1cc(CO)ccc1S(=O)(=O)NC1CCSC1. The summed E-state index contributed by atoms with van der Waals surface area (Å²) in [4.78, 5) is 0.115. The summed E-state index contributed by atoms with van der Waals surface area (Å²) in [6.07, 6.45) is 0.848. The number of hydrogen-bond donors (Lipinski definition) is 2. The molecule has 1 saturated heterocycles. The van der Waals surface area contributed by atoms with Crippen molar-refractivity contribution in [2.45, 2.75) is 24.0 Å². The molecule has 2 rings (SSSR count). The zero-order valence-corrected chi connectivity index (χ0v) is 12.3. The molecule has 0 aromatic heterocycles. The molecule has 1 fully saturated rings. The molecule has 1 aromatic carbocycles. The smallest absolute Gasteiger partial charge is 0.244 e. The second kappa shape index (κ2) is 6.13. The Kier molecular flexibility index (Phi) is 4.72. The molecule has 1 aliphatic heterocycles. The molecule has 1 aliphatic rings. The van der Waals surface area contributed by atoms with E-state index in [4.69, 9.17) is 9.84 Å². The van der Waals surface area contributed by atoms with Crippen molar-refractivity contribution in [2.24, 2.45) is 0 Å². The summed E-state index contributed by atoms with van der Waals surface area (Å²) in [6, 6.07) is 4.57. The van der Waals surface area contributed by atoms with E-state index in [0.29, 0.717) is 5.56 Å². The minimum absolute atomic E-state index is 0.0165. The van der Waals surface area contributed by atoms with Gasteiger partial charge in [-0.05, 0) is 29.9 Å². The number of nitrogens with one attached hydrogen (secondary N) is 1. The number of hydrogen-bond acceptors (Lipinski definition) is 5. The Hall–Kier alpha value is -0.760. The van der Waals surface area contributed by atoms with E-state index >= 15 is 0 Å². The van der Waals surface area contributed by atoms with Crippen molar-refractivity contribution in [1.82, 2.24) is 4.72 Å². The molecular weight excluding hydrogens is 286 g/mol. The van der Waals surface area contributed by atoms with Crippen LogP contribution in [0.15, 0.2) is 23.1 Å². The molecule has 0 bridgehead atoms. The zero-order valence-electron chi connectivity index (χ0n) is 10.6. The summed E-state index contributed by atoms with van der Waals surface area (Å²) in [7, 11) is -2.16. The molecule has 19 heavy (non-hydrogen) atoms. The Morgan fingerprint density at radius 1 is 1.53 bits per heavy atom. The van der Waals surface area contributed by atoms with Gasteiger partial charge in [0.1, 0.15) is 10.6 Å². The van der Waals surface area contributed by atoms with Crippen LogP contribution in [0, 0.1) is 0 Å². The summed E-state index contributed by atoms with van der Waals surface area (Å²) in [5.74, 6) is 2.04. The van der Waals surface area contributed by atoms with E-state index in [0.717, 1.165) is 17.9 Å². The molecule has 0 radical (unpaired) electrons. The number of methoxy groups -OCH3 is 1. The number of sulfonamides is 1. The summed E-state index contributed by atoms with van der Waals surface area (Å²) in [5.41, 5.74) is 0.618. The summed E-state index contributed by atoms with van der Waals surface area (Å²) in [6.45, 7) is -0.149. The van der Waals surface area contributed by atoms with Crippen LogP contribution < -0.4 is 9.46 Å². The van der Waals surface area contributed by atoms with Crippen LogP contribution in [0.3, 0.4) is 0 Å². The molecule has 1 atom stereocenters. The maximum atomic E-state index is 12.3. The highest BCUT2D eigenvalue weighted by Gasteiger charge is 2.25. The first kappa shape index (κ1) is 14.6. The van der Waals surface area contributed by atoms with Gasteiger partial charge in [-0.1, -0.05) is 6.07 Å². The van der Waals surface area contributed by atoms with Crippen molar-refractivity contribution >= 4 is 21.8 Å². The van der Waals surface area contributed by atoms with Crippen molar-refractivity contribution in [3.8, 4) is 5.75 Å². The Labute approximate surface area is 117 Å². The van der Waals surface area contributed by atoms with E-state index < -0.39 is 10.0 Å². The highest BCUT2D eigenvalue weighted by molar-refractivity contribution is 7.99. The summed E-state index contributed by atoms with van der Waals surface area (Å²) < 4.78 is 32.4. The van der Waals surface area contributed by atoms with Gasteiger partial charge in [0.25, 0.3) is 0 Å². The molecule has 5 nitrogen and oxygen atoms in total. The normalized spacial score (nSPS) is 19.6. The highest BCUT2D eigenvalue weighted by Crippen LogP contribution is 2.26. The van der Waals surface area contributed by atoms with Crippen molar-refractivity contribution in [3.63, 3.8) is 0 Å². The first-order valence-corrected chi connectivity index (χ1v) is 8.58. The second-order valence-electron chi connectivity index (χ2n) is 4.33. The van der Waals surface area contributed by atoms with E-state index in [1.165, 1.54) is 19.2 Å². The van der Waals surface area contributed by atoms with E-state index in [-0.39, 0.29) is 23.3 Å². The number of aliphatic hydroxyl groups is 1. The van der Waals surface area contributed by atoms with Gasteiger partial charge in [0.2, 0.25) is 10.0 Å². The average Bonchev–Trinajstić information content (AvgIpc) is 2.89. The van der Waals surface area contributed by atoms with Crippen LogP contribution in [-0.2, 0) is 16.6 Å². The molecule has 1 aromatic rings. The third kappa shape index (κ3) is 3.42. The Bertz CT molecular complexity index is 539. The lowest BCUT2D eigenvalue weighted by Gasteiger charge is -2.15. The molecule has 7 heteroatoms. The van der Waals surface area contributed by atoms with Gasteiger partial charge in [-0.2, -0.15) is 11.8 Å². The minimum Gasteiger partial charge on any atom is -0.495 e. The maximum absolute atomic E-state index is 12.3. The number of rotatable bonds is 5. The molecule has 106 valence electrons. The van der Waals surface area contributed by atoms with Crippen molar-refractivity contribution in [3.05, 3.63) is 23.8 Å². The fourth-order valence-corrected chi connectivity index (χ4v) is 4.62. The molecule has 0 amide bonds. The predicted molar refractivity (Wildman–Crippen MR) is 75.0 cm³/mol. The molecule has 1 heterocycles. The molecule has 0 saturated carbocycles. The standard InChI is InChI=1S/C12H17NO4S2/c1-17-11-6-9(7-14)2-3-12(11)19(15,16)13-10-4-5-18-8-10/h2-3,6,10,13-14H,4-5,7-8H2,1H3. The fraction of sp³-hybridized carbons (Fsp3) is 0.500. The van der Waals surface area contributed by atoms with Crippen LogP contribution >= 0.6 is 11.8 Å². The second-order valence-corrected chi connectivity index (χ2v) is 7.16. The molecule has 0 spiro atoms. The highest BCUT2D eigenvalue weighted by atomic mass is 32.2. The lowest BCUT2D eigenvalue weighted by molar-refractivity contribution is 0.280. The third-order valence-corrected chi connectivity index (χ3v) is 5.67. The average molecular weight is 303 g/mol. The van der Waals surface area contributed by atoms with Crippen LogP contribution in [0.25, 0.3) is 0 Å². The fourth-order valence-electron chi connectivity index (χ4n) is 1.94. The van der Waals surface area contributed by atoms with E-state index in [2.05, 4.69) is 4.72 Å². The topological polar surface area (TPSA) is 75.6 Å². The van der Waals surface area contributed by atoms with Crippen molar-refractivity contribution in [1.29, 1.82) is 0 Å². The van der Waals surface area contributed by atoms with E-state index in [1.54, 1.807) is 17.8 Å². The van der Waals surface area contributed by atoms with Gasteiger partial charge in [-0.15, -0.1) is 0 Å². The van der Waals surface area contributed by atoms with E-state index in [1.807, 2.05) is 0 Å². The van der Waals surface area contributed by atoms with Crippen molar-refractivity contribution < 1.29 is 18.3 Å². The quantitative estimate of drug-likeness (QED) is 0.848. The van der Waals surface area contributed by atoms with Gasteiger partial charge < -0.3 is 9.84 Å². The Morgan fingerprint density at radius 3 is 2.89 bits per heavy atom. The molecule has 2 N–H and O–H groups in total. The summed E-state index contributed by atoms with van der Waals surface area (Å²) in [5, 5.41) is 9.06. The van der Waals surface area contributed by atoms with Crippen LogP contribution in [-0.4, -0.2) is 38.2 Å². The number of ether oxygens (including phenoxy) is 1. The van der Waals surface area contributed by atoms with Gasteiger partial charge in [0.05, 0.1) is 13.7 Å². The largest absolute Gasteiger partial charge is 0.495 e. The monoisotopic (exact) mass is 303 g/mol. The lowest BCUT2D eigenvalue weighted by Crippen LogP contribution is -2.34. The minimum atomic E-state index is -3.58. The molecule has 0 aliphatic carbocycles. The van der Waals surface area contributed by atoms with E-state index in [9.17, 15) is 8.42 Å². The van der Waals surface area contributed by atoms with Crippen LogP contribution in [0.1, 0.15) is 12.0 Å². The predicted octanol–water partition coefficient (Wildman–Crippen LogP) is 0.971. The van der Waals surface area contributed by atoms with Gasteiger partial charge in [0, 0.05) is 11.8 Å². The first-order chi connectivity index (χ1) is 9.06.